The van der Waals surface area contributed by atoms with Gasteiger partial charge in [0.25, 0.3) is 0 Å². The third-order valence-corrected chi connectivity index (χ3v) is 20.2. The minimum atomic E-state index is -4.96. The van der Waals surface area contributed by atoms with Crippen LogP contribution in [0, 0.1) is 5.92 Å². The Balaban J connectivity index is 5.20. The van der Waals surface area contributed by atoms with E-state index in [4.69, 9.17) is 37.0 Å². The molecule has 3 N–H and O–H groups in total. The van der Waals surface area contributed by atoms with Gasteiger partial charge in [-0.25, -0.2) is 9.13 Å². The molecule has 0 saturated heterocycles. The Morgan fingerprint density at radius 3 is 0.701 bits per heavy atom. The average molecular weight is 1420 g/mol. The molecule has 97 heavy (non-hydrogen) atoms. The second-order valence-electron chi connectivity index (χ2n) is 28.6. The van der Waals surface area contributed by atoms with E-state index >= 15 is 0 Å². The maximum atomic E-state index is 13.1. The monoisotopic (exact) mass is 1420 g/mol. The molecule has 0 aliphatic carbocycles. The summed E-state index contributed by atoms with van der Waals surface area (Å²) in [6.45, 7) is 7.27. The number of carbonyl (C=O) groups excluding carboxylic acids is 4. The van der Waals surface area contributed by atoms with Gasteiger partial charge in [0.15, 0.2) is 12.2 Å². The zero-order chi connectivity index (χ0) is 71.2. The number of hydrogen-bond acceptors (Lipinski definition) is 15. The molecule has 0 radical (unpaired) electrons. The lowest BCUT2D eigenvalue weighted by atomic mass is 10.0. The highest BCUT2D eigenvalue weighted by molar-refractivity contribution is 7.47. The molecule has 576 valence electrons. The molecule has 0 heterocycles. The minimum Gasteiger partial charge on any atom is -0.462 e. The second-order valence-corrected chi connectivity index (χ2v) is 31.5. The number of unbranched alkanes of at least 4 members (excludes halogenated alkanes) is 50. The molecule has 0 aromatic carbocycles. The Bertz CT molecular complexity index is 1860. The van der Waals surface area contributed by atoms with Gasteiger partial charge in [0, 0.05) is 25.7 Å². The molecule has 0 aliphatic heterocycles. The zero-order valence-electron chi connectivity index (χ0n) is 63.2. The minimum absolute atomic E-state index is 0.106. The molecule has 19 heteroatoms. The van der Waals surface area contributed by atoms with E-state index in [1.165, 1.54) is 231 Å². The van der Waals surface area contributed by atoms with Crippen LogP contribution in [-0.2, 0) is 65.4 Å². The fourth-order valence-corrected chi connectivity index (χ4v) is 13.6. The molecule has 0 aromatic heterocycles. The van der Waals surface area contributed by atoms with Crippen LogP contribution in [0.3, 0.4) is 0 Å². The first kappa shape index (κ1) is 95.1. The van der Waals surface area contributed by atoms with Crippen molar-refractivity contribution in [1.82, 2.24) is 0 Å². The summed E-state index contributed by atoms with van der Waals surface area (Å²) in [6, 6.07) is 0. The smallest absolute Gasteiger partial charge is 0.462 e. The Labute approximate surface area is 594 Å². The number of esters is 4. The molecule has 0 aromatic rings. The summed E-state index contributed by atoms with van der Waals surface area (Å²) < 4.78 is 68.5. The average Bonchev–Trinajstić information content (AvgIpc) is 1.45. The largest absolute Gasteiger partial charge is 0.472 e. The van der Waals surface area contributed by atoms with Gasteiger partial charge in [-0.15, -0.1) is 0 Å². The topological polar surface area (TPSA) is 237 Å². The van der Waals surface area contributed by atoms with E-state index < -0.39 is 97.5 Å². The van der Waals surface area contributed by atoms with Crippen LogP contribution in [0.5, 0.6) is 0 Å². The first-order valence-electron chi connectivity index (χ1n) is 40.6. The molecule has 2 unspecified atom stereocenters. The lowest BCUT2D eigenvalue weighted by molar-refractivity contribution is -0.161. The van der Waals surface area contributed by atoms with Crippen molar-refractivity contribution >= 4 is 39.5 Å². The first-order chi connectivity index (χ1) is 47.0. The van der Waals surface area contributed by atoms with Crippen molar-refractivity contribution in [2.45, 2.75) is 432 Å². The molecule has 0 rings (SSSR count). The van der Waals surface area contributed by atoms with E-state index in [0.29, 0.717) is 25.7 Å². The van der Waals surface area contributed by atoms with Crippen LogP contribution >= 0.6 is 15.6 Å². The van der Waals surface area contributed by atoms with Gasteiger partial charge in [-0.2, -0.15) is 0 Å². The van der Waals surface area contributed by atoms with E-state index in [1.54, 1.807) is 0 Å². The third-order valence-electron chi connectivity index (χ3n) is 18.3. The number of phosphoric acid groups is 2. The summed E-state index contributed by atoms with van der Waals surface area (Å²) in [5.41, 5.74) is 0. The number of phosphoric ester groups is 2. The van der Waals surface area contributed by atoms with Gasteiger partial charge in [-0.1, -0.05) is 362 Å². The number of aliphatic hydroxyl groups is 1. The van der Waals surface area contributed by atoms with Crippen LogP contribution in [0.4, 0.5) is 0 Å². The standard InChI is InChI=1S/C78H152O17P2/c1-6-9-12-15-18-21-23-25-27-29-30-32-34-36-38-43-48-53-58-63-77(82)95-74(68-89-76(81)62-57-52-47-42-37-35-33-31-28-26-24-22-19-16-13-10-7-2)70-93-97(86,87)91-66-72(79)65-90-96(84,85)92-69-73(67-88-75(80)61-56-51-46-20-17-14-11-8-3)94-78(83)64-59-54-49-44-40-39-41-45-50-55-60-71(4)5/h71-74,79H,6-70H2,1-5H3,(H,84,85)(H,86,87)/t72-,73+,74+/m0/s1. The van der Waals surface area contributed by atoms with Crippen LogP contribution in [0.25, 0.3) is 0 Å². The summed E-state index contributed by atoms with van der Waals surface area (Å²) in [7, 11) is -9.91. The van der Waals surface area contributed by atoms with Gasteiger partial charge in [-0.3, -0.25) is 37.3 Å². The predicted molar refractivity (Wildman–Crippen MR) is 395 cm³/mol. The quantitative estimate of drug-likeness (QED) is 0.0222. The maximum Gasteiger partial charge on any atom is 0.472 e. The fourth-order valence-electron chi connectivity index (χ4n) is 12.1. The number of rotatable bonds is 78. The Morgan fingerprint density at radius 1 is 0.278 bits per heavy atom. The summed E-state index contributed by atoms with van der Waals surface area (Å²) in [4.78, 5) is 72.8. The van der Waals surface area contributed by atoms with Gasteiger partial charge in [0.05, 0.1) is 26.4 Å². The Morgan fingerprint density at radius 2 is 0.474 bits per heavy atom. The van der Waals surface area contributed by atoms with Gasteiger partial charge < -0.3 is 33.8 Å². The molecule has 0 amide bonds. The lowest BCUT2D eigenvalue weighted by Crippen LogP contribution is -2.30. The van der Waals surface area contributed by atoms with Crippen LogP contribution in [0.2, 0.25) is 0 Å². The number of hydrogen-bond donors (Lipinski definition) is 3. The molecule has 0 saturated carbocycles. The molecule has 0 bridgehead atoms. The van der Waals surface area contributed by atoms with Gasteiger partial charge >= 0.3 is 39.5 Å². The molecule has 0 aliphatic rings. The van der Waals surface area contributed by atoms with Gasteiger partial charge in [0.2, 0.25) is 0 Å². The van der Waals surface area contributed by atoms with Crippen molar-refractivity contribution in [1.29, 1.82) is 0 Å². The first-order valence-corrected chi connectivity index (χ1v) is 43.6. The van der Waals surface area contributed by atoms with E-state index in [0.717, 1.165) is 102 Å². The molecular formula is C78H152O17P2. The van der Waals surface area contributed by atoms with Crippen LogP contribution in [0.15, 0.2) is 0 Å². The molecule has 0 spiro atoms. The van der Waals surface area contributed by atoms with Crippen LogP contribution in [-0.4, -0.2) is 96.7 Å². The highest BCUT2D eigenvalue weighted by atomic mass is 31.2. The van der Waals surface area contributed by atoms with E-state index in [2.05, 4.69) is 34.6 Å². The number of carbonyl (C=O) groups is 4. The predicted octanol–water partition coefficient (Wildman–Crippen LogP) is 23.3. The van der Waals surface area contributed by atoms with Crippen molar-refractivity contribution in [2.24, 2.45) is 5.92 Å². The molecule has 17 nitrogen and oxygen atoms in total. The summed E-state index contributed by atoms with van der Waals surface area (Å²) in [5, 5.41) is 10.6. The fraction of sp³-hybridized carbons (Fsp3) is 0.949. The third kappa shape index (κ3) is 72.2. The Kier molecular flexibility index (Phi) is 69.6. The van der Waals surface area contributed by atoms with Crippen molar-refractivity contribution in [3.05, 3.63) is 0 Å². The molecule has 0 fully saturated rings. The van der Waals surface area contributed by atoms with Crippen molar-refractivity contribution in [3.8, 4) is 0 Å². The van der Waals surface area contributed by atoms with Crippen molar-refractivity contribution in [3.63, 3.8) is 0 Å². The molecular weight excluding hydrogens is 1270 g/mol. The van der Waals surface area contributed by atoms with Crippen molar-refractivity contribution in [2.75, 3.05) is 39.6 Å². The van der Waals surface area contributed by atoms with Crippen molar-refractivity contribution < 1.29 is 80.2 Å². The van der Waals surface area contributed by atoms with Crippen LogP contribution < -0.4 is 0 Å². The summed E-state index contributed by atoms with van der Waals surface area (Å²) >= 11 is 0. The second kappa shape index (κ2) is 71.1. The highest BCUT2D eigenvalue weighted by Crippen LogP contribution is 2.45. The number of ether oxygens (including phenoxy) is 4. The van der Waals surface area contributed by atoms with Gasteiger partial charge in [-0.05, 0) is 31.6 Å². The zero-order valence-corrected chi connectivity index (χ0v) is 65.0. The normalized spacial score (nSPS) is 13.9. The highest BCUT2D eigenvalue weighted by Gasteiger charge is 2.30. The summed E-state index contributed by atoms with van der Waals surface area (Å²) in [6.07, 6.45) is 61.2. The number of aliphatic hydroxyl groups excluding tert-OH is 1. The van der Waals surface area contributed by atoms with E-state index in [9.17, 15) is 43.2 Å². The molecule has 5 atom stereocenters. The SMILES string of the molecule is CCCCCCCCCCCCCCCCCCCCCC(=O)O[C@H](COC(=O)CCCCCCCCCCCCCCCCCCC)COP(=O)(O)OC[C@@H](O)COP(=O)(O)OC[C@@H](COC(=O)CCCCCCCCCC)OC(=O)CCCCCCCCCCCCC(C)C. The van der Waals surface area contributed by atoms with Crippen LogP contribution in [0.1, 0.15) is 413 Å². The lowest BCUT2D eigenvalue weighted by Gasteiger charge is -2.21. The summed E-state index contributed by atoms with van der Waals surface area (Å²) in [5.74, 6) is -1.36. The van der Waals surface area contributed by atoms with E-state index in [-0.39, 0.29) is 25.7 Å². The maximum absolute atomic E-state index is 13.1. The van der Waals surface area contributed by atoms with E-state index in [1.807, 2.05) is 0 Å². The van der Waals surface area contributed by atoms with Gasteiger partial charge in [0.1, 0.15) is 19.3 Å². The Hall–Kier alpha value is -1.94.